The second-order valence-electron chi connectivity index (χ2n) is 8.10. The van der Waals surface area contributed by atoms with E-state index in [-0.39, 0.29) is 18.8 Å². The van der Waals surface area contributed by atoms with Gasteiger partial charge in [0.2, 0.25) is 5.79 Å². The lowest BCUT2D eigenvalue weighted by molar-refractivity contribution is -0.138. The summed E-state index contributed by atoms with van der Waals surface area (Å²) in [6.45, 7) is 2.58. The number of alkyl halides is 1. The Morgan fingerprint density at radius 3 is 2.59 bits per heavy atom. The average molecular weight is 404 g/mol. The lowest BCUT2D eigenvalue weighted by Gasteiger charge is -2.41. The minimum absolute atomic E-state index is 0.0256. The molecule has 29 heavy (non-hydrogen) atoms. The van der Waals surface area contributed by atoms with Crippen LogP contribution in [0.2, 0.25) is 0 Å². The van der Waals surface area contributed by atoms with E-state index < -0.39 is 17.6 Å². The molecule has 3 heterocycles. The SMILES string of the molecule is O=C(O)CC1CCN(C2(F)CC=C(c3cncc(N4CCCC4)n3)C=C2F)CC1. The number of hydrogen-bond donors (Lipinski definition) is 1. The predicted molar refractivity (Wildman–Crippen MR) is 106 cm³/mol. The molecule has 0 radical (unpaired) electrons. The fourth-order valence-electron chi connectivity index (χ4n) is 4.44. The molecule has 1 N–H and O–H groups in total. The van der Waals surface area contributed by atoms with Crippen molar-refractivity contribution >= 4 is 17.4 Å². The molecule has 3 aliphatic rings. The molecule has 0 amide bonds. The molecule has 0 aromatic carbocycles. The quantitative estimate of drug-likeness (QED) is 0.757. The standard InChI is InChI=1S/C21H26F2N4O2/c22-18-12-16(17-13-24-14-19(25-17)26-7-1-2-8-26)3-6-21(18,23)27-9-4-15(5-10-27)11-20(28)29/h3,12-15H,1-2,4-11H2,(H,28,29). The second kappa shape index (κ2) is 8.18. The zero-order chi connectivity index (χ0) is 20.4. The van der Waals surface area contributed by atoms with Crippen molar-refractivity contribution in [3.63, 3.8) is 0 Å². The van der Waals surface area contributed by atoms with Gasteiger partial charge in [-0.2, -0.15) is 0 Å². The van der Waals surface area contributed by atoms with E-state index in [0.717, 1.165) is 31.7 Å². The maximum Gasteiger partial charge on any atom is 0.303 e. The first-order valence-electron chi connectivity index (χ1n) is 10.3. The number of aromatic nitrogens is 2. The van der Waals surface area contributed by atoms with Gasteiger partial charge in [-0.05, 0) is 37.7 Å². The summed E-state index contributed by atoms with van der Waals surface area (Å²) in [6.07, 6.45) is 9.56. The summed E-state index contributed by atoms with van der Waals surface area (Å²) in [6, 6.07) is 0. The topological polar surface area (TPSA) is 69.6 Å². The zero-order valence-corrected chi connectivity index (χ0v) is 16.4. The van der Waals surface area contributed by atoms with E-state index in [1.807, 2.05) is 0 Å². The fraction of sp³-hybridized carbons (Fsp3) is 0.571. The molecule has 1 aliphatic carbocycles. The van der Waals surface area contributed by atoms with Crippen LogP contribution in [0.3, 0.4) is 0 Å². The number of piperidine rings is 1. The van der Waals surface area contributed by atoms with Gasteiger partial charge in [-0.1, -0.05) is 6.08 Å². The van der Waals surface area contributed by atoms with Gasteiger partial charge in [-0.15, -0.1) is 0 Å². The van der Waals surface area contributed by atoms with E-state index in [4.69, 9.17) is 5.11 Å². The van der Waals surface area contributed by atoms with Crippen LogP contribution in [-0.2, 0) is 4.79 Å². The molecule has 0 bridgehead atoms. The summed E-state index contributed by atoms with van der Waals surface area (Å²) in [5.74, 6) is -3.03. The maximum atomic E-state index is 15.5. The van der Waals surface area contributed by atoms with Crippen LogP contribution in [0, 0.1) is 5.92 Å². The van der Waals surface area contributed by atoms with Crippen LogP contribution in [-0.4, -0.2) is 57.9 Å². The Bertz CT molecular complexity index is 830. The van der Waals surface area contributed by atoms with Gasteiger partial charge in [0.1, 0.15) is 5.82 Å². The van der Waals surface area contributed by atoms with Crippen molar-refractivity contribution in [3.05, 3.63) is 36.1 Å². The highest BCUT2D eigenvalue weighted by atomic mass is 19.2. The number of hydrogen-bond acceptors (Lipinski definition) is 5. The molecule has 1 unspecified atom stereocenters. The molecule has 2 fully saturated rings. The highest BCUT2D eigenvalue weighted by molar-refractivity contribution is 5.74. The number of carboxylic acids is 1. The number of anilines is 1. The molecular weight excluding hydrogens is 378 g/mol. The third kappa shape index (κ3) is 4.17. The Kier molecular flexibility index (Phi) is 5.63. The molecule has 8 heteroatoms. The molecule has 0 spiro atoms. The van der Waals surface area contributed by atoms with Crippen molar-refractivity contribution in [2.45, 2.75) is 44.3 Å². The van der Waals surface area contributed by atoms with Gasteiger partial charge in [-0.25, -0.2) is 13.8 Å². The highest BCUT2D eigenvalue weighted by Crippen LogP contribution is 2.40. The van der Waals surface area contributed by atoms with Crippen molar-refractivity contribution in [3.8, 4) is 0 Å². The normalized spacial score (nSPS) is 26.3. The lowest BCUT2D eigenvalue weighted by Crippen LogP contribution is -2.50. The van der Waals surface area contributed by atoms with Crippen LogP contribution < -0.4 is 4.90 Å². The molecule has 156 valence electrons. The summed E-state index contributed by atoms with van der Waals surface area (Å²) in [4.78, 5) is 23.4. The molecule has 6 nitrogen and oxygen atoms in total. The smallest absolute Gasteiger partial charge is 0.303 e. The number of aliphatic carboxylic acids is 1. The predicted octanol–water partition coefficient (Wildman–Crippen LogP) is 3.57. The minimum Gasteiger partial charge on any atom is -0.481 e. The summed E-state index contributed by atoms with van der Waals surface area (Å²) in [5, 5.41) is 8.92. The van der Waals surface area contributed by atoms with Crippen LogP contribution >= 0.6 is 0 Å². The van der Waals surface area contributed by atoms with Crippen molar-refractivity contribution in [1.29, 1.82) is 0 Å². The monoisotopic (exact) mass is 404 g/mol. The molecule has 2 saturated heterocycles. The number of carboxylic acid groups (broad SMARTS) is 1. The Morgan fingerprint density at radius 1 is 1.21 bits per heavy atom. The van der Waals surface area contributed by atoms with Gasteiger partial charge in [-0.3, -0.25) is 14.7 Å². The molecule has 0 saturated carbocycles. The average Bonchev–Trinajstić information content (AvgIpc) is 3.25. The van der Waals surface area contributed by atoms with Gasteiger partial charge < -0.3 is 10.0 Å². The summed E-state index contributed by atoms with van der Waals surface area (Å²) >= 11 is 0. The Morgan fingerprint density at radius 2 is 1.93 bits per heavy atom. The fourth-order valence-corrected chi connectivity index (χ4v) is 4.44. The van der Waals surface area contributed by atoms with Crippen LogP contribution in [0.25, 0.3) is 5.57 Å². The van der Waals surface area contributed by atoms with Gasteiger partial charge in [0, 0.05) is 44.6 Å². The van der Waals surface area contributed by atoms with E-state index >= 15 is 4.39 Å². The van der Waals surface area contributed by atoms with Gasteiger partial charge >= 0.3 is 5.97 Å². The van der Waals surface area contributed by atoms with E-state index in [0.29, 0.717) is 37.2 Å². The van der Waals surface area contributed by atoms with E-state index in [2.05, 4.69) is 14.9 Å². The summed E-state index contributed by atoms with van der Waals surface area (Å²) in [5.41, 5.74) is 1.09. The molecule has 1 aromatic heterocycles. The Labute approximate surface area is 168 Å². The number of likely N-dealkylation sites (tertiary alicyclic amines) is 1. The first-order chi connectivity index (χ1) is 14.0. The zero-order valence-electron chi connectivity index (χ0n) is 16.4. The second-order valence-corrected chi connectivity index (χ2v) is 8.10. The number of halogens is 2. The Hall–Kier alpha value is -2.35. The van der Waals surface area contributed by atoms with E-state index in [1.165, 1.54) is 11.0 Å². The Balaban J connectivity index is 1.45. The first-order valence-corrected chi connectivity index (χ1v) is 10.3. The first kappa shape index (κ1) is 19.9. The number of allylic oxidation sites excluding steroid dienone is 2. The number of nitrogens with zero attached hydrogens (tertiary/aromatic N) is 4. The minimum atomic E-state index is -2.17. The van der Waals surface area contributed by atoms with Gasteiger partial charge in [0.25, 0.3) is 0 Å². The highest BCUT2D eigenvalue weighted by Gasteiger charge is 2.44. The van der Waals surface area contributed by atoms with Crippen molar-refractivity contribution in [2.24, 2.45) is 5.92 Å². The van der Waals surface area contributed by atoms with Crippen LogP contribution in [0.4, 0.5) is 14.6 Å². The molecule has 2 aliphatic heterocycles. The molecule has 1 aromatic rings. The van der Waals surface area contributed by atoms with E-state index in [1.54, 1.807) is 18.5 Å². The van der Waals surface area contributed by atoms with Crippen LogP contribution in [0.5, 0.6) is 0 Å². The molecular formula is C21H26F2N4O2. The van der Waals surface area contributed by atoms with Crippen molar-refractivity contribution in [2.75, 3.05) is 31.1 Å². The van der Waals surface area contributed by atoms with Crippen LogP contribution in [0.15, 0.2) is 30.4 Å². The summed E-state index contributed by atoms with van der Waals surface area (Å²) < 4.78 is 30.4. The number of rotatable bonds is 5. The van der Waals surface area contributed by atoms with Crippen molar-refractivity contribution < 1.29 is 18.7 Å². The molecule has 1 atom stereocenters. The summed E-state index contributed by atoms with van der Waals surface area (Å²) in [7, 11) is 0. The third-order valence-corrected chi connectivity index (χ3v) is 6.17. The third-order valence-electron chi connectivity index (χ3n) is 6.17. The van der Waals surface area contributed by atoms with E-state index in [9.17, 15) is 9.18 Å². The largest absolute Gasteiger partial charge is 0.481 e. The lowest BCUT2D eigenvalue weighted by atomic mass is 9.90. The van der Waals surface area contributed by atoms with Crippen LogP contribution in [0.1, 0.15) is 44.2 Å². The van der Waals surface area contributed by atoms with Crippen molar-refractivity contribution in [1.82, 2.24) is 14.9 Å². The number of carbonyl (C=O) groups is 1. The molecule has 4 rings (SSSR count). The van der Waals surface area contributed by atoms with Gasteiger partial charge in [0.05, 0.1) is 18.1 Å². The van der Waals surface area contributed by atoms with Gasteiger partial charge in [0.15, 0.2) is 5.83 Å². The maximum absolute atomic E-state index is 15.5.